The molecule has 0 aliphatic heterocycles. The van der Waals surface area contributed by atoms with Crippen LogP contribution < -0.4 is 5.69 Å². The molecular formula is C6H8ClN3O2. The largest absolute Gasteiger partial charge is 0.396 e. The predicted molar refractivity (Wildman–Crippen MR) is 43.1 cm³/mol. The Kier molecular flexibility index (Phi) is 3.19. The second-order valence-electron chi connectivity index (χ2n) is 2.20. The highest BCUT2D eigenvalue weighted by Crippen LogP contribution is 1.97. The van der Waals surface area contributed by atoms with Crippen molar-refractivity contribution in [2.75, 3.05) is 6.61 Å². The average Bonchev–Trinajstić information content (AvgIpc) is 1.99. The van der Waals surface area contributed by atoms with Crippen molar-refractivity contribution in [2.45, 2.75) is 12.8 Å². The minimum Gasteiger partial charge on any atom is -0.396 e. The van der Waals surface area contributed by atoms with Crippen molar-refractivity contribution >= 4 is 11.6 Å². The van der Waals surface area contributed by atoms with Crippen LogP contribution in [0.15, 0.2) is 4.79 Å². The standard InChI is InChI=1S/C6H8ClN3O2/c7-5-8-4(2-1-3-11)9-6(12)10-5/h11H,1-3H2,(H,8,9,10,12). The quantitative estimate of drug-likeness (QED) is 0.687. The maximum atomic E-state index is 10.7. The number of hydrogen-bond acceptors (Lipinski definition) is 4. The van der Waals surface area contributed by atoms with Crippen LogP contribution in [0.25, 0.3) is 0 Å². The summed E-state index contributed by atoms with van der Waals surface area (Å²) in [6.07, 6.45) is 1.04. The zero-order chi connectivity index (χ0) is 8.97. The van der Waals surface area contributed by atoms with Crippen LogP contribution in [0, 0.1) is 0 Å². The molecule has 0 bridgehead atoms. The van der Waals surface area contributed by atoms with Crippen molar-refractivity contribution in [3.63, 3.8) is 0 Å². The molecule has 0 aliphatic rings. The lowest BCUT2D eigenvalue weighted by molar-refractivity contribution is 0.287. The first-order valence-corrected chi connectivity index (χ1v) is 3.84. The number of aromatic amines is 1. The van der Waals surface area contributed by atoms with E-state index in [9.17, 15) is 4.79 Å². The summed E-state index contributed by atoms with van der Waals surface area (Å²) in [6, 6.07) is 0. The SMILES string of the molecule is O=c1nc(Cl)nc(CCCO)[nH]1. The molecule has 0 aliphatic carbocycles. The predicted octanol–water partition coefficient (Wildman–Crippen LogP) is -0.257. The van der Waals surface area contributed by atoms with Gasteiger partial charge >= 0.3 is 5.69 Å². The molecule has 1 aromatic rings. The Labute approximate surface area is 73.4 Å². The van der Waals surface area contributed by atoms with Gasteiger partial charge in [-0.3, -0.25) is 4.98 Å². The first-order valence-electron chi connectivity index (χ1n) is 3.46. The summed E-state index contributed by atoms with van der Waals surface area (Å²) < 4.78 is 0. The Bertz CT molecular complexity index is 312. The number of rotatable bonds is 3. The second kappa shape index (κ2) is 4.18. The number of nitrogens with zero attached hydrogens (tertiary/aromatic N) is 2. The van der Waals surface area contributed by atoms with Crippen LogP contribution in [0.4, 0.5) is 0 Å². The Morgan fingerprint density at radius 3 is 2.83 bits per heavy atom. The van der Waals surface area contributed by atoms with Crippen LogP contribution in [0.3, 0.4) is 0 Å². The van der Waals surface area contributed by atoms with E-state index in [1.807, 2.05) is 0 Å². The number of aryl methyl sites for hydroxylation is 1. The van der Waals surface area contributed by atoms with E-state index in [0.29, 0.717) is 18.7 Å². The van der Waals surface area contributed by atoms with Crippen LogP contribution in [0.2, 0.25) is 5.28 Å². The summed E-state index contributed by atoms with van der Waals surface area (Å²) in [5.41, 5.74) is -0.511. The highest BCUT2D eigenvalue weighted by Gasteiger charge is 1.99. The summed E-state index contributed by atoms with van der Waals surface area (Å²) in [4.78, 5) is 20.2. The third-order valence-corrected chi connectivity index (χ3v) is 1.41. The van der Waals surface area contributed by atoms with E-state index in [-0.39, 0.29) is 11.9 Å². The van der Waals surface area contributed by atoms with Gasteiger partial charge in [-0.05, 0) is 18.0 Å². The van der Waals surface area contributed by atoms with Gasteiger partial charge in [0.1, 0.15) is 5.82 Å². The van der Waals surface area contributed by atoms with E-state index in [2.05, 4.69) is 15.0 Å². The van der Waals surface area contributed by atoms with Crippen LogP contribution in [0.5, 0.6) is 0 Å². The van der Waals surface area contributed by atoms with Gasteiger partial charge in [0.25, 0.3) is 0 Å². The van der Waals surface area contributed by atoms with Crippen molar-refractivity contribution in [1.82, 2.24) is 15.0 Å². The molecule has 1 aromatic heterocycles. The molecule has 0 fully saturated rings. The van der Waals surface area contributed by atoms with Gasteiger partial charge in [-0.1, -0.05) is 0 Å². The number of aromatic nitrogens is 3. The van der Waals surface area contributed by atoms with E-state index in [1.54, 1.807) is 0 Å². The van der Waals surface area contributed by atoms with E-state index < -0.39 is 5.69 Å². The minimum absolute atomic E-state index is 0.0592. The van der Waals surface area contributed by atoms with Gasteiger partial charge in [0.05, 0.1) is 0 Å². The molecule has 0 atom stereocenters. The zero-order valence-corrected chi connectivity index (χ0v) is 7.01. The first kappa shape index (κ1) is 9.15. The lowest BCUT2D eigenvalue weighted by atomic mass is 10.3. The van der Waals surface area contributed by atoms with Crippen LogP contribution in [0.1, 0.15) is 12.2 Å². The van der Waals surface area contributed by atoms with Crippen molar-refractivity contribution < 1.29 is 5.11 Å². The van der Waals surface area contributed by atoms with Crippen LogP contribution in [-0.4, -0.2) is 26.7 Å². The highest BCUT2D eigenvalue weighted by atomic mass is 35.5. The Hall–Kier alpha value is -0.940. The Morgan fingerprint density at radius 2 is 2.25 bits per heavy atom. The molecule has 0 saturated carbocycles. The van der Waals surface area contributed by atoms with Crippen molar-refractivity contribution in [3.05, 3.63) is 21.6 Å². The molecule has 0 unspecified atom stereocenters. The molecule has 0 aromatic carbocycles. The molecule has 1 heterocycles. The highest BCUT2D eigenvalue weighted by molar-refractivity contribution is 6.28. The van der Waals surface area contributed by atoms with E-state index >= 15 is 0 Å². The average molecular weight is 190 g/mol. The van der Waals surface area contributed by atoms with Gasteiger partial charge in [0, 0.05) is 13.0 Å². The fourth-order valence-electron chi connectivity index (χ4n) is 0.764. The van der Waals surface area contributed by atoms with Gasteiger partial charge in [-0.25, -0.2) is 9.78 Å². The molecule has 66 valence electrons. The van der Waals surface area contributed by atoms with Gasteiger partial charge in [-0.15, -0.1) is 0 Å². The second-order valence-corrected chi connectivity index (χ2v) is 2.53. The Balaban J connectivity index is 2.79. The van der Waals surface area contributed by atoms with Crippen molar-refractivity contribution in [3.8, 4) is 0 Å². The maximum absolute atomic E-state index is 10.7. The molecule has 2 N–H and O–H groups in total. The summed E-state index contributed by atoms with van der Waals surface area (Å²) in [5, 5.41) is 8.43. The van der Waals surface area contributed by atoms with E-state index in [1.165, 1.54) is 0 Å². The molecule has 0 spiro atoms. The molecule has 1 rings (SSSR count). The van der Waals surface area contributed by atoms with E-state index in [0.717, 1.165) is 0 Å². The van der Waals surface area contributed by atoms with Gasteiger partial charge in [0.15, 0.2) is 0 Å². The summed E-state index contributed by atoms with van der Waals surface area (Å²) in [6.45, 7) is 0.0592. The molecule has 6 heteroatoms. The van der Waals surface area contributed by atoms with Crippen molar-refractivity contribution in [1.29, 1.82) is 0 Å². The summed E-state index contributed by atoms with van der Waals surface area (Å²) >= 11 is 5.42. The third-order valence-electron chi connectivity index (χ3n) is 1.24. The monoisotopic (exact) mass is 189 g/mol. The van der Waals surface area contributed by atoms with Gasteiger partial charge < -0.3 is 5.11 Å². The maximum Gasteiger partial charge on any atom is 0.349 e. The number of halogens is 1. The van der Waals surface area contributed by atoms with Gasteiger partial charge in [0.2, 0.25) is 5.28 Å². The Morgan fingerprint density at radius 1 is 1.50 bits per heavy atom. The van der Waals surface area contributed by atoms with Crippen LogP contribution in [-0.2, 0) is 6.42 Å². The zero-order valence-electron chi connectivity index (χ0n) is 6.25. The molecule has 0 radical (unpaired) electrons. The molecule has 12 heavy (non-hydrogen) atoms. The van der Waals surface area contributed by atoms with Crippen molar-refractivity contribution in [2.24, 2.45) is 0 Å². The molecule has 0 amide bonds. The number of nitrogens with one attached hydrogen (secondary N) is 1. The smallest absolute Gasteiger partial charge is 0.349 e. The third kappa shape index (κ3) is 2.60. The fraction of sp³-hybridized carbons (Fsp3) is 0.500. The lowest BCUT2D eigenvalue weighted by Crippen LogP contribution is -2.15. The molecular weight excluding hydrogens is 182 g/mol. The molecule has 0 saturated heterocycles. The summed E-state index contributed by atoms with van der Waals surface area (Å²) in [5.74, 6) is 0.453. The lowest BCUT2D eigenvalue weighted by Gasteiger charge is -1.96. The number of aliphatic hydroxyl groups excluding tert-OH is 1. The van der Waals surface area contributed by atoms with Crippen LogP contribution >= 0.6 is 11.6 Å². The number of aliphatic hydroxyl groups is 1. The summed E-state index contributed by atoms with van der Waals surface area (Å²) in [7, 11) is 0. The molecule has 5 nitrogen and oxygen atoms in total. The van der Waals surface area contributed by atoms with E-state index in [4.69, 9.17) is 16.7 Å². The topological polar surface area (TPSA) is 78.9 Å². The number of H-pyrrole nitrogens is 1. The minimum atomic E-state index is -0.511. The normalized spacial score (nSPS) is 10.2. The van der Waals surface area contributed by atoms with Gasteiger partial charge in [-0.2, -0.15) is 4.98 Å². The number of hydrogen-bond donors (Lipinski definition) is 2. The first-order chi connectivity index (χ1) is 5.72. The fourth-order valence-corrected chi connectivity index (χ4v) is 0.943.